The lowest BCUT2D eigenvalue weighted by atomic mass is 10.2. The van der Waals surface area contributed by atoms with Crippen molar-refractivity contribution in [3.05, 3.63) is 11.8 Å². The molecule has 1 aromatic heterocycles. The summed E-state index contributed by atoms with van der Waals surface area (Å²) in [6.07, 6.45) is 6.37. The van der Waals surface area contributed by atoms with E-state index in [4.69, 9.17) is 17.0 Å². The average molecular weight is 326 g/mol. The molecule has 0 aliphatic rings. The highest BCUT2D eigenvalue weighted by Crippen LogP contribution is 2.14. The van der Waals surface area contributed by atoms with Crippen molar-refractivity contribution in [2.45, 2.75) is 53.0 Å². The molecule has 124 valence electrons. The smallest absolute Gasteiger partial charge is 0.343 e. The number of hydrogen-bond donors (Lipinski definition) is 2. The predicted octanol–water partition coefficient (Wildman–Crippen LogP) is 2.95. The van der Waals surface area contributed by atoms with E-state index in [2.05, 4.69) is 22.7 Å². The predicted molar refractivity (Wildman–Crippen MR) is 92.2 cm³/mol. The average Bonchev–Trinajstić information content (AvgIpc) is 2.90. The Morgan fingerprint density at radius 3 is 2.73 bits per heavy atom. The van der Waals surface area contributed by atoms with Gasteiger partial charge in [-0.3, -0.25) is 4.68 Å². The molecule has 0 aliphatic heterocycles. The second kappa shape index (κ2) is 10.2. The number of esters is 1. The first-order valence-electron chi connectivity index (χ1n) is 7.91. The van der Waals surface area contributed by atoms with Gasteiger partial charge in [-0.2, -0.15) is 5.10 Å². The lowest BCUT2D eigenvalue weighted by molar-refractivity contribution is 0.0527. The van der Waals surface area contributed by atoms with Gasteiger partial charge in [-0.25, -0.2) is 4.79 Å². The van der Waals surface area contributed by atoms with Gasteiger partial charge in [0.25, 0.3) is 0 Å². The summed E-state index contributed by atoms with van der Waals surface area (Å²) in [4.78, 5) is 11.9. The minimum absolute atomic E-state index is 0.329. The molecule has 7 heteroatoms. The van der Waals surface area contributed by atoms with Crippen molar-refractivity contribution in [1.29, 1.82) is 0 Å². The molecule has 0 bridgehead atoms. The molecular formula is C15H26N4O2S. The third-order valence-corrected chi connectivity index (χ3v) is 3.38. The molecule has 0 unspecified atom stereocenters. The second-order valence-electron chi connectivity index (χ2n) is 4.91. The minimum atomic E-state index is -0.393. The zero-order valence-corrected chi connectivity index (χ0v) is 14.5. The van der Waals surface area contributed by atoms with E-state index in [1.807, 2.05) is 6.92 Å². The molecule has 0 aromatic carbocycles. The monoisotopic (exact) mass is 326 g/mol. The number of hydrogen-bond acceptors (Lipinski definition) is 4. The Hall–Kier alpha value is -1.63. The van der Waals surface area contributed by atoms with Crippen molar-refractivity contribution in [2.75, 3.05) is 18.5 Å². The molecule has 1 aromatic rings. The maximum atomic E-state index is 11.9. The Bertz CT molecular complexity index is 488. The van der Waals surface area contributed by atoms with Crippen LogP contribution in [0.3, 0.4) is 0 Å². The number of anilines is 1. The standard InChI is InChI=1S/C15H26N4O2S/c1-4-7-8-9-10-16-15(22)17-13-12(14(20)21-6-3)11-19(5-2)18-13/h11H,4-10H2,1-3H3,(H2,16,17,18,22). The van der Waals surface area contributed by atoms with Gasteiger partial charge < -0.3 is 15.4 Å². The van der Waals surface area contributed by atoms with E-state index >= 15 is 0 Å². The number of unbranched alkanes of at least 4 members (excludes halogenated alkanes) is 3. The maximum Gasteiger partial charge on any atom is 0.343 e. The lowest BCUT2D eigenvalue weighted by Gasteiger charge is -2.09. The van der Waals surface area contributed by atoms with Crippen LogP contribution in [0.4, 0.5) is 5.82 Å². The normalized spacial score (nSPS) is 10.3. The van der Waals surface area contributed by atoms with Crippen LogP contribution in [0.2, 0.25) is 0 Å². The van der Waals surface area contributed by atoms with Gasteiger partial charge in [0.2, 0.25) is 0 Å². The molecular weight excluding hydrogens is 300 g/mol. The minimum Gasteiger partial charge on any atom is -0.462 e. The molecule has 0 fully saturated rings. The van der Waals surface area contributed by atoms with E-state index < -0.39 is 5.97 Å². The number of nitrogens with zero attached hydrogens (tertiary/aromatic N) is 2. The molecule has 6 nitrogen and oxygen atoms in total. The van der Waals surface area contributed by atoms with Crippen LogP contribution in [-0.2, 0) is 11.3 Å². The molecule has 0 atom stereocenters. The van der Waals surface area contributed by atoms with Crippen LogP contribution in [0, 0.1) is 0 Å². The Kier molecular flexibility index (Phi) is 8.50. The molecule has 0 saturated carbocycles. The van der Waals surface area contributed by atoms with E-state index in [-0.39, 0.29) is 0 Å². The second-order valence-corrected chi connectivity index (χ2v) is 5.32. The first-order valence-corrected chi connectivity index (χ1v) is 8.32. The first-order chi connectivity index (χ1) is 10.6. The molecule has 2 N–H and O–H groups in total. The number of nitrogens with one attached hydrogen (secondary N) is 2. The van der Waals surface area contributed by atoms with Gasteiger partial charge in [0.15, 0.2) is 10.9 Å². The quantitative estimate of drug-likeness (QED) is 0.413. The summed E-state index contributed by atoms with van der Waals surface area (Å²) in [5.74, 6) is 0.0433. The highest BCUT2D eigenvalue weighted by Gasteiger charge is 2.18. The third-order valence-electron chi connectivity index (χ3n) is 3.13. The summed E-state index contributed by atoms with van der Waals surface area (Å²) in [5.41, 5.74) is 0.402. The molecule has 1 heterocycles. The van der Waals surface area contributed by atoms with Gasteiger partial charge in [0.1, 0.15) is 5.56 Å². The van der Waals surface area contributed by atoms with Crippen LogP contribution in [0.5, 0.6) is 0 Å². The summed E-state index contributed by atoms with van der Waals surface area (Å²) in [5, 5.41) is 10.9. The van der Waals surface area contributed by atoms with Gasteiger partial charge in [-0.1, -0.05) is 26.2 Å². The number of aromatic nitrogens is 2. The summed E-state index contributed by atoms with van der Waals surface area (Å²) < 4.78 is 6.72. The number of ether oxygens (including phenoxy) is 1. The third kappa shape index (κ3) is 6.01. The van der Waals surface area contributed by atoms with Crippen molar-refractivity contribution in [3.8, 4) is 0 Å². The molecule has 0 aliphatic carbocycles. The largest absolute Gasteiger partial charge is 0.462 e. The number of carbonyl (C=O) groups is 1. The summed E-state index contributed by atoms with van der Waals surface area (Å²) in [7, 11) is 0. The maximum absolute atomic E-state index is 11.9. The van der Waals surface area contributed by atoms with E-state index in [0.717, 1.165) is 13.0 Å². The van der Waals surface area contributed by atoms with E-state index in [9.17, 15) is 4.79 Å². The molecule has 0 saturated heterocycles. The van der Waals surface area contributed by atoms with Crippen LogP contribution >= 0.6 is 12.2 Å². The van der Waals surface area contributed by atoms with Crippen LogP contribution < -0.4 is 10.6 Å². The fourth-order valence-electron chi connectivity index (χ4n) is 1.94. The van der Waals surface area contributed by atoms with E-state index in [1.54, 1.807) is 17.8 Å². The Morgan fingerprint density at radius 1 is 1.32 bits per heavy atom. The summed E-state index contributed by atoms with van der Waals surface area (Å²) >= 11 is 5.25. The molecule has 1 rings (SSSR count). The molecule has 0 radical (unpaired) electrons. The van der Waals surface area contributed by atoms with Crippen LogP contribution in [-0.4, -0.2) is 34.0 Å². The van der Waals surface area contributed by atoms with Gasteiger partial charge in [-0.15, -0.1) is 0 Å². The van der Waals surface area contributed by atoms with Crippen LogP contribution in [0.1, 0.15) is 56.8 Å². The molecule has 0 amide bonds. The number of carbonyl (C=O) groups excluding carboxylic acids is 1. The van der Waals surface area contributed by atoms with E-state index in [0.29, 0.717) is 29.6 Å². The van der Waals surface area contributed by atoms with Crippen molar-refractivity contribution < 1.29 is 9.53 Å². The highest BCUT2D eigenvalue weighted by atomic mass is 32.1. The first kappa shape index (κ1) is 18.4. The van der Waals surface area contributed by atoms with Crippen molar-refractivity contribution in [3.63, 3.8) is 0 Å². The number of thiocarbonyl (C=S) groups is 1. The van der Waals surface area contributed by atoms with Gasteiger partial charge >= 0.3 is 5.97 Å². The lowest BCUT2D eigenvalue weighted by Crippen LogP contribution is -2.30. The number of rotatable bonds is 9. The molecule has 0 spiro atoms. The fourth-order valence-corrected chi connectivity index (χ4v) is 2.14. The van der Waals surface area contributed by atoms with Gasteiger partial charge in [0, 0.05) is 19.3 Å². The topological polar surface area (TPSA) is 68.2 Å². The number of aryl methyl sites for hydroxylation is 1. The van der Waals surface area contributed by atoms with Gasteiger partial charge in [-0.05, 0) is 32.5 Å². The Balaban J connectivity index is 2.57. The Labute approximate surface area is 137 Å². The molecule has 22 heavy (non-hydrogen) atoms. The Morgan fingerprint density at radius 2 is 2.09 bits per heavy atom. The zero-order valence-electron chi connectivity index (χ0n) is 13.6. The fraction of sp³-hybridized carbons (Fsp3) is 0.667. The van der Waals surface area contributed by atoms with Gasteiger partial charge in [0.05, 0.1) is 6.61 Å². The van der Waals surface area contributed by atoms with E-state index in [1.165, 1.54) is 19.3 Å². The van der Waals surface area contributed by atoms with Crippen LogP contribution in [0.25, 0.3) is 0 Å². The van der Waals surface area contributed by atoms with Crippen molar-refractivity contribution in [2.24, 2.45) is 0 Å². The summed E-state index contributed by atoms with van der Waals surface area (Å²) in [6.45, 7) is 7.73. The summed E-state index contributed by atoms with van der Waals surface area (Å²) in [6, 6.07) is 0. The van der Waals surface area contributed by atoms with Crippen LogP contribution in [0.15, 0.2) is 6.20 Å². The van der Waals surface area contributed by atoms with Crippen molar-refractivity contribution in [1.82, 2.24) is 15.1 Å². The van der Waals surface area contributed by atoms with Crippen molar-refractivity contribution >= 4 is 29.1 Å². The highest BCUT2D eigenvalue weighted by molar-refractivity contribution is 7.80. The SMILES string of the molecule is CCCCCCNC(=S)Nc1nn(CC)cc1C(=O)OCC. The zero-order chi connectivity index (χ0) is 16.4.